The van der Waals surface area contributed by atoms with Gasteiger partial charge in [0.1, 0.15) is 5.69 Å². The van der Waals surface area contributed by atoms with Crippen LogP contribution in [0.25, 0.3) is 0 Å². The first-order valence-electron chi connectivity index (χ1n) is 8.96. The fraction of sp³-hybridized carbons (Fsp3) is 0.368. The molecule has 0 unspecified atom stereocenters. The van der Waals surface area contributed by atoms with Crippen molar-refractivity contribution in [3.63, 3.8) is 0 Å². The van der Waals surface area contributed by atoms with Crippen LogP contribution in [-0.4, -0.2) is 54.0 Å². The van der Waals surface area contributed by atoms with Crippen LogP contribution in [0.5, 0.6) is 0 Å². The van der Waals surface area contributed by atoms with Crippen LogP contribution in [0.4, 0.5) is 5.69 Å². The molecule has 144 valence electrons. The number of hydrazine groups is 1. The molecule has 8 heteroatoms. The first kappa shape index (κ1) is 19.4. The van der Waals surface area contributed by atoms with Gasteiger partial charge in [-0.25, -0.2) is 0 Å². The molecule has 0 saturated carbocycles. The van der Waals surface area contributed by atoms with Crippen molar-refractivity contribution in [2.24, 2.45) is 7.05 Å². The maximum atomic E-state index is 12.1. The summed E-state index contributed by atoms with van der Waals surface area (Å²) < 4.78 is 2.51. The minimum Gasteiger partial charge on any atom is -0.369 e. The molecule has 0 radical (unpaired) electrons. The van der Waals surface area contributed by atoms with Crippen LogP contribution in [0, 0.1) is 0 Å². The van der Waals surface area contributed by atoms with Crippen LogP contribution >= 0.6 is 15.9 Å². The van der Waals surface area contributed by atoms with Crippen LogP contribution in [0.15, 0.2) is 47.1 Å². The molecule has 2 N–H and O–H groups in total. The Balaban J connectivity index is 1.36. The molecule has 2 heterocycles. The summed E-state index contributed by atoms with van der Waals surface area (Å²) in [6.07, 6.45) is 2.13. The molecule has 1 saturated heterocycles. The number of carbonyl (C=O) groups excluding carboxylic acids is 2. The predicted octanol–water partition coefficient (Wildman–Crippen LogP) is 1.76. The summed E-state index contributed by atoms with van der Waals surface area (Å²) in [4.78, 5) is 28.7. The van der Waals surface area contributed by atoms with E-state index in [0.29, 0.717) is 18.7 Å². The Labute approximate surface area is 167 Å². The van der Waals surface area contributed by atoms with Crippen molar-refractivity contribution < 1.29 is 9.59 Å². The zero-order chi connectivity index (χ0) is 19.2. The van der Waals surface area contributed by atoms with E-state index in [4.69, 9.17) is 0 Å². The van der Waals surface area contributed by atoms with E-state index in [1.807, 2.05) is 6.07 Å². The molecule has 3 rings (SSSR count). The highest BCUT2D eigenvalue weighted by Gasteiger charge is 2.18. The zero-order valence-corrected chi connectivity index (χ0v) is 16.9. The largest absolute Gasteiger partial charge is 0.369 e. The van der Waals surface area contributed by atoms with Gasteiger partial charge in [-0.15, -0.1) is 0 Å². The second-order valence-corrected chi connectivity index (χ2v) is 7.49. The van der Waals surface area contributed by atoms with Gasteiger partial charge in [0.15, 0.2) is 0 Å². The third-order valence-electron chi connectivity index (χ3n) is 4.67. The highest BCUT2D eigenvalue weighted by molar-refractivity contribution is 9.10. The molecule has 0 bridgehead atoms. The summed E-state index contributed by atoms with van der Waals surface area (Å²) in [7, 11) is 1.77. The Morgan fingerprint density at radius 3 is 2.41 bits per heavy atom. The van der Waals surface area contributed by atoms with Crippen molar-refractivity contribution in [3.8, 4) is 0 Å². The molecule has 1 aliphatic rings. The summed E-state index contributed by atoms with van der Waals surface area (Å²) in [6.45, 7) is 4.42. The molecule has 1 fully saturated rings. The molecular weight excluding hydrogens is 410 g/mol. The third kappa shape index (κ3) is 5.33. The fourth-order valence-corrected chi connectivity index (χ4v) is 3.66. The number of rotatable bonds is 5. The van der Waals surface area contributed by atoms with E-state index in [0.717, 1.165) is 30.7 Å². The van der Waals surface area contributed by atoms with Crippen LogP contribution in [0.2, 0.25) is 0 Å². The number of hydrogen-bond donors (Lipinski definition) is 2. The summed E-state index contributed by atoms with van der Waals surface area (Å²) in [5.41, 5.74) is 6.66. The molecule has 1 aromatic carbocycles. The van der Waals surface area contributed by atoms with Crippen LogP contribution in [0.1, 0.15) is 16.9 Å². The number of nitrogens with zero attached hydrogens (tertiary/aromatic N) is 3. The molecule has 1 aliphatic heterocycles. The summed E-state index contributed by atoms with van der Waals surface area (Å²) >= 11 is 3.32. The normalized spacial score (nSPS) is 14.8. The number of para-hydroxylation sites is 1. The lowest BCUT2D eigenvalue weighted by atomic mass is 10.2. The Morgan fingerprint density at radius 2 is 1.78 bits per heavy atom. The van der Waals surface area contributed by atoms with Crippen molar-refractivity contribution in [2.75, 3.05) is 37.6 Å². The van der Waals surface area contributed by atoms with Gasteiger partial charge in [0.2, 0.25) is 5.91 Å². The molecule has 0 spiro atoms. The summed E-state index contributed by atoms with van der Waals surface area (Å²) in [5.74, 6) is -0.532. The van der Waals surface area contributed by atoms with E-state index in [1.54, 1.807) is 23.9 Å². The van der Waals surface area contributed by atoms with Gasteiger partial charge in [-0.3, -0.25) is 25.3 Å². The van der Waals surface area contributed by atoms with Gasteiger partial charge in [0.25, 0.3) is 5.91 Å². The topological polar surface area (TPSA) is 69.6 Å². The molecule has 0 atom stereocenters. The van der Waals surface area contributed by atoms with Crippen molar-refractivity contribution in [1.29, 1.82) is 0 Å². The van der Waals surface area contributed by atoms with Gasteiger partial charge in [0, 0.05) is 62.5 Å². The van der Waals surface area contributed by atoms with Gasteiger partial charge >= 0.3 is 0 Å². The van der Waals surface area contributed by atoms with Crippen LogP contribution < -0.4 is 15.8 Å². The maximum Gasteiger partial charge on any atom is 0.286 e. The highest BCUT2D eigenvalue weighted by atomic mass is 79.9. The lowest BCUT2D eigenvalue weighted by molar-refractivity contribution is -0.122. The monoisotopic (exact) mass is 433 g/mol. The van der Waals surface area contributed by atoms with Gasteiger partial charge in [-0.05, 0) is 34.1 Å². The number of nitrogens with one attached hydrogen (secondary N) is 2. The molecule has 0 aliphatic carbocycles. The third-order valence-corrected chi connectivity index (χ3v) is 5.10. The minimum absolute atomic E-state index is 0.192. The highest BCUT2D eigenvalue weighted by Crippen LogP contribution is 2.15. The number of carbonyl (C=O) groups is 2. The molecular formula is C19H24BrN5O2. The van der Waals surface area contributed by atoms with E-state index >= 15 is 0 Å². The van der Waals surface area contributed by atoms with E-state index in [1.165, 1.54) is 5.69 Å². The number of piperazine rings is 1. The van der Waals surface area contributed by atoms with Gasteiger partial charge < -0.3 is 9.47 Å². The summed E-state index contributed by atoms with van der Waals surface area (Å²) in [6, 6.07) is 12.1. The maximum absolute atomic E-state index is 12.1. The van der Waals surface area contributed by atoms with Crippen molar-refractivity contribution >= 4 is 33.4 Å². The second kappa shape index (κ2) is 9.05. The first-order valence-corrected chi connectivity index (χ1v) is 9.75. The number of anilines is 1. The Kier molecular flexibility index (Phi) is 6.52. The smallest absolute Gasteiger partial charge is 0.286 e. The zero-order valence-electron chi connectivity index (χ0n) is 15.3. The van der Waals surface area contributed by atoms with Gasteiger partial charge in [-0.2, -0.15) is 0 Å². The van der Waals surface area contributed by atoms with E-state index in [9.17, 15) is 9.59 Å². The average Bonchev–Trinajstić information content (AvgIpc) is 3.03. The molecule has 2 aromatic rings. The predicted molar refractivity (Wildman–Crippen MR) is 108 cm³/mol. The number of aryl methyl sites for hydroxylation is 1. The molecule has 2 amide bonds. The number of hydrogen-bond acceptors (Lipinski definition) is 4. The quantitative estimate of drug-likeness (QED) is 0.704. The SMILES string of the molecule is Cn1cc(Br)cc1C(=O)NNC(=O)CCN1CCN(c2ccccc2)CC1. The Bertz CT molecular complexity index is 785. The Morgan fingerprint density at radius 1 is 1.07 bits per heavy atom. The van der Waals surface area contributed by atoms with Crippen molar-refractivity contribution in [1.82, 2.24) is 20.3 Å². The lowest BCUT2D eigenvalue weighted by Gasteiger charge is -2.36. The average molecular weight is 434 g/mol. The standard InChI is InChI=1S/C19H24BrN5O2/c1-23-14-15(20)13-17(23)19(27)22-21-18(26)7-8-24-9-11-25(12-10-24)16-5-3-2-4-6-16/h2-6,13-14H,7-12H2,1H3,(H,21,26)(H,22,27). The van der Waals surface area contributed by atoms with E-state index in [2.05, 4.69) is 60.8 Å². The summed E-state index contributed by atoms with van der Waals surface area (Å²) in [5, 5.41) is 0. The van der Waals surface area contributed by atoms with Crippen LogP contribution in [-0.2, 0) is 11.8 Å². The first-order chi connectivity index (χ1) is 13.0. The molecule has 27 heavy (non-hydrogen) atoms. The molecule has 7 nitrogen and oxygen atoms in total. The number of aromatic nitrogens is 1. The van der Waals surface area contributed by atoms with Gasteiger partial charge in [0.05, 0.1) is 0 Å². The lowest BCUT2D eigenvalue weighted by Crippen LogP contribution is -2.48. The minimum atomic E-state index is -0.340. The number of benzene rings is 1. The fourth-order valence-electron chi connectivity index (χ4n) is 3.13. The molecule has 1 aromatic heterocycles. The van der Waals surface area contributed by atoms with E-state index < -0.39 is 0 Å². The number of halogens is 1. The van der Waals surface area contributed by atoms with E-state index in [-0.39, 0.29) is 11.8 Å². The van der Waals surface area contributed by atoms with Crippen LogP contribution in [0.3, 0.4) is 0 Å². The van der Waals surface area contributed by atoms with Gasteiger partial charge in [-0.1, -0.05) is 18.2 Å². The van der Waals surface area contributed by atoms with Crippen molar-refractivity contribution in [3.05, 3.63) is 52.8 Å². The Hall–Kier alpha value is -2.32. The van der Waals surface area contributed by atoms with Crippen molar-refractivity contribution in [2.45, 2.75) is 6.42 Å². The second-order valence-electron chi connectivity index (χ2n) is 6.57. The number of amides is 2.